The van der Waals surface area contributed by atoms with Gasteiger partial charge in [0.25, 0.3) is 0 Å². The molecule has 174 valence electrons. The summed E-state index contributed by atoms with van der Waals surface area (Å²) in [5.74, 6) is -0.299. The van der Waals surface area contributed by atoms with Crippen molar-refractivity contribution in [2.75, 3.05) is 33.4 Å². The van der Waals surface area contributed by atoms with Crippen LogP contribution in [-0.4, -0.2) is 56.9 Å². The Hall–Kier alpha value is -2.43. The molecule has 32 heavy (non-hydrogen) atoms. The van der Waals surface area contributed by atoms with E-state index in [9.17, 15) is 26.4 Å². The van der Waals surface area contributed by atoms with Gasteiger partial charge in [0.2, 0.25) is 15.9 Å². The smallest absolute Gasteiger partial charge is 0.379 e. The number of carbonyl (C=O) groups excluding carboxylic acids is 1. The third-order valence-corrected chi connectivity index (χ3v) is 7.23. The zero-order valence-corrected chi connectivity index (χ0v) is 18.5. The molecule has 1 amide bonds. The van der Waals surface area contributed by atoms with Crippen molar-refractivity contribution in [2.45, 2.75) is 30.5 Å². The van der Waals surface area contributed by atoms with Crippen LogP contribution >= 0.6 is 0 Å². The van der Waals surface area contributed by atoms with Crippen molar-refractivity contribution >= 4 is 15.9 Å². The second-order valence-corrected chi connectivity index (χ2v) is 9.50. The van der Waals surface area contributed by atoms with Gasteiger partial charge >= 0.3 is 6.18 Å². The van der Waals surface area contributed by atoms with Gasteiger partial charge in [-0.1, -0.05) is 30.3 Å². The van der Waals surface area contributed by atoms with Gasteiger partial charge in [-0.05, 0) is 35.7 Å². The van der Waals surface area contributed by atoms with Crippen LogP contribution in [0.15, 0.2) is 53.4 Å². The highest BCUT2D eigenvalue weighted by Gasteiger charge is 2.33. The van der Waals surface area contributed by atoms with E-state index in [1.807, 2.05) is 0 Å². The molecular weight excluding hydrogens is 445 g/mol. The summed E-state index contributed by atoms with van der Waals surface area (Å²) in [6, 6.07) is 11.5. The van der Waals surface area contributed by atoms with Gasteiger partial charge in [-0.2, -0.15) is 17.5 Å². The number of morpholine rings is 1. The average Bonchev–Trinajstić information content (AvgIpc) is 2.78. The molecule has 2 aromatic rings. The summed E-state index contributed by atoms with van der Waals surface area (Å²) in [4.78, 5) is 13.9. The van der Waals surface area contributed by atoms with Crippen LogP contribution in [0.3, 0.4) is 0 Å². The lowest BCUT2D eigenvalue weighted by Gasteiger charge is -2.26. The van der Waals surface area contributed by atoms with E-state index >= 15 is 0 Å². The van der Waals surface area contributed by atoms with Crippen LogP contribution in [-0.2, 0) is 38.7 Å². The van der Waals surface area contributed by atoms with E-state index in [0.29, 0.717) is 32.7 Å². The predicted octanol–water partition coefficient (Wildman–Crippen LogP) is 3.32. The maximum Gasteiger partial charge on any atom is 0.416 e. The van der Waals surface area contributed by atoms with E-state index in [1.54, 1.807) is 12.1 Å². The van der Waals surface area contributed by atoms with Crippen molar-refractivity contribution in [1.29, 1.82) is 0 Å². The number of benzene rings is 2. The molecule has 1 aliphatic rings. The fraction of sp³-hybridized carbons (Fsp3) is 0.409. The average molecular weight is 471 g/mol. The van der Waals surface area contributed by atoms with Crippen molar-refractivity contribution in [3.8, 4) is 0 Å². The molecule has 2 aromatic carbocycles. The number of aryl methyl sites for hydroxylation is 1. The van der Waals surface area contributed by atoms with E-state index in [2.05, 4.69) is 0 Å². The normalized spacial score (nSPS) is 15.5. The summed E-state index contributed by atoms with van der Waals surface area (Å²) in [6.45, 7) is 1.19. The molecule has 6 nitrogen and oxygen atoms in total. The van der Waals surface area contributed by atoms with Crippen LogP contribution in [0, 0.1) is 0 Å². The molecule has 3 rings (SSSR count). The standard InChI is InChI=1S/C22H25F3N2O4S/c1-26(16-18-4-2-3-5-20(18)22(23,24)25)21(28)11-8-17-6-9-19(10-7-17)32(29,30)27-12-14-31-15-13-27/h2-7,9-10H,8,11-16H2,1H3. The summed E-state index contributed by atoms with van der Waals surface area (Å²) in [7, 11) is -2.12. The summed E-state index contributed by atoms with van der Waals surface area (Å²) in [5, 5.41) is 0. The van der Waals surface area contributed by atoms with Crippen LogP contribution in [0.5, 0.6) is 0 Å². The molecule has 10 heteroatoms. The first-order chi connectivity index (χ1) is 15.1. The number of carbonyl (C=O) groups is 1. The maximum absolute atomic E-state index is 13.1. The molecule has 1 aliphatic heterocycles. The van der Waals surface area contributed by atoms with Crippen molar-refractivity contribution in [2.24, 2.45) is 0 Å². The molecule has 1 fully saturated rings. The summed E-state index contributed by atoms with van der Waals surface area (Å²) in [5.41, 5.74) is 0.0496. The van der Waals surface area contributed by atoms with E-state index in [-0.39, 0.29) is 29.3 Å². The highest BCUT2D eigenvalue weighted by atomic mass is 32.2. The summed E-state index contributed by atoms with van der Waals surface area (Å²) < 4.78 is 71.3. The second-order valence-electron chi connectivity index (χ2n) is 7.57. The molecule has 0 atom stereocenters. The molecule has 1 saturated heterocycles. The predicted molar refractivity (Wildman–Crippen MR) is 112 cm³/mol. The number of halogens is 3. The van der Waals surface area contributed by atoms with E-state index in [1.165, 1.54) is 46.6 Å². The molecule has 0 bridgehead atoms. The molecule has 0 aliphatic carbocycles. The van der Waals surface area contributed by atoms with Crippen molar-refractivity contribution < 1.29 is 31.1 Å². The van der Waals surface area contributed by atoms with Crippen molar-refractivity contribution in [3.05, 3.63) is 65.2 Å². The Labute approximate surface area is 185 Å². The molecule has 0 aromatic heterocycles. The lowest BCUT2D eigenvalue weighted by molar-refractivity contribution is -0.139. The lowest BCUT2D eigenvalue weighted by Crippen LogP contribution is -2.40. The molecule has 0 radical (unpaired) electrons. The van der Waals surface area contributed by atoms with Gasteiger partial charge in [0.1, 0.15) is 0 Å². The van der Waals surface area contributed by atoms with Gasteiger partial charge in [-0.3, -0.25) is 4.79 Å². The third-order valence-electron chi connectivity index (χ3n) is 5.31. The fourth-order valence-corrected chi connectivity index (χ4v) is 4.89. The first-order valence-corrected chi connectivity index (χ1v) is 11.6. The zero-order chi connectivity index (χ0) is 23.4. The number of rotatable bonds is 7. The van der Waals surface area contributed by atoms with Crippen LogP contribution in [0.4, 0.5) is 13.2 Å². The van der Waals surface area contributed by atoms with E-state index < -0.39 is 21.8 Å². The van der Waals surface area contributed by atoms with Crippen molar-refractivity contribution in [3.63, 3.8) is 0 Å². The van der Waals surface area contributed by atoms with Gasteiger partial charge in [0, 0.05) is 33.1 Å². The van der Waals surface area contributed by atoms with Crippen LogP contribution in [0.25, 0.3) is 0 Å². The number of hydrogen-bond donors (Lipinski definition) is 0. The monoisotopic (exact) mass is 470 g/mol. The Balaban J connectivity index is 1.58. The van der Waals surface area contributed by atoms with E-state index in [0.717, 1.165) is 11.6 Å². The Morgan fingerprint density at radius 3 is 2.31 bits per heavy atom. The summed E-state index contributed by atoms with van der Waals surface area (Å²) in [6.07, 6.45) is -4.04. The lowest BCUT2D eigenvalue weighted by atomic mass is 10.1. The van der Waals surface area contributed by atoms with Gasteiger partial charge in [0.05, 0.1) is 23.7 Å². The first kappa shape index (κ1) is 24.2. The molecule has 0 unspecified atom stereocenters. The van der Waals surface area contributed by atoms with Crippen LogP contribution in [0.1, 0.15) is 23.1 Å². The maximum atomic E-state index is 13.1. The fourth-order valence-electron chi connectivity index (χ4n) is 3.48. The van der Waals surface area contributed by atoms with Gasteiger partial charge in [-0.15, -0.1) is 0 Å². The second kappa shape index (κ2) is 10.0. The third kappa shape index (κ3) is 5.87. The first-order valence-electron chi connectivity index (χ1n) is 10.1. The minimum Gasteiger partial charge on any atom is -0.379 e. The van der Waals surface area contributed by atoms with Crippen molar-refractivity contribution in [1.82, 2.24) is 9.21 Å². The molecule has 1 heterocycles. The number of hydrogen-bond acceptors (Lipinski definition) is 4. The SMILES string of the molecule is CN(Cc1ccccc1C(F)(F)F)C(=O)CCc1ccc(S(=O)(=O)N2CCOCC2)cc1. The topological polar surface area (TPSA) is 66.9 Å². The number of nitrogens with zero attached hydrogens (tertiary/aromatic N) is 2. The Morgan fingerprint density at radius 1 is 1.06 bits per heavy atom. The Kier molecular flexibility index (Phi) is 7.58. The number of amides is 1. The number of ether oxygens (including phenoxy) is 1. The molecule has 0 N–H and O–H groups in total. The minimum absolute atomic E-state index is 0.0357. The minimum atomic E-state index is -4.48. The van der Waals surface area contributed by atoms with Crippen LogP contribution < -0.4 is 0 Å². The number of sulfonamides is 1. The quantitative estimate of drug-likeness (QED) is 0.623. The van der Waals surface area contributed by atoms with Gasteiger partial charge < -0.3 is 9.64 Å². The molecule has 0 spiro atoms. The Bertz CT molecular complexity index is 1030. The number of alkyl halides is 3. The highest BCUT2D eigenvalue weighted by Crippen LogP contribution is 2.32. The summed E-state index contributed by atoms with van der Waals surface area (Å²) >= 11 is 0. The Morgan fingerprint density at radius 2 is 1.69 bits per heavy atom. The zero-order valence-electron chi connectivity index (χ0n) is 17.6. The highest BCUT2D eigenvalue weighted by molar-refractivity contribution is 7.89. The van der Waals surface area contributed by atoms with Crippen LogP contribution in [0.2, 0.25) is 0 Å². The van der Waals surface area contributed by atoms with Gasteiger partial charge in [-0.25, -0.2) is 8.42 Å². The largest absolute Gasteiger partial charge is 0.416 e. The molecular formula is C22H25F3N2O4S. The van der Waals surface area contributed by atoms with Gasteiger partial charge in [0.15, 0.2) is 0 Å². The molecule has 0 saturated carbocycles. The van der Waals surface area contributed by atoms with E-state index in [4.69, 9.17) is 4.74 Å².